The predicted octanol–water partition coefficient (Wildman–Crippen LogP) is 0.636. The van der Waals surface area contributed by atoms with Crippen LogP contribution in [0.5, 0.6) is 0 Å². The SMILES string of the molecule is CC1CCNCC(C)(C)N1C1CCS(=O)(=O)C1. The Morgan fingerprint density at radius 2 is 2.00 bits per heavy atom. The zero-order chi connectivity index (χ0) is 12.7. The lowest BCUT2D eigenvalue weighted by atomic mass is 9.97. The Kier molecular flexibility index (Phi) is 3.54. The lowest BCUT2D eigenvalue weighted by molar-refractivity contribution is 0.0501. The molecule has 1 N–H and O–H groups in total. The quantitative estimate of drug-likeness (QED) is 0.751. The van der Waals surface area contributed by atoms with E-state index in [1.165, 1.54) is 0 Å². The Morgan fingerprint density at radius 1 is 1.29 bits per heavy atom. The Bertz CT molecular complexity index is 378. The van der Waals surface area contributed by atoms with Gasteiger partial charge in [0, 0.05) is 24.2 Å². The van der Waals surface area contributed by atoms with Crippen molar-refractivity contribution in [1.82, 2.24) is 10.2 Å². The molecule has 0 aromatic carbocycles. The van der Waals surface area contributed by atoms with Crippen LogP contribution in [0.3, 0.4) is 0 Å². The highest BCUT2D eigenvalue weighted by Gasteiger charge is 2.41. The Balaban J connectivity index is 2.21. The first-order valence-corrected chi connectivity index (χ1v) is 8.33. The monoisotopic (exact) mass is 260 g/mol. The van der Waals surface area contributed by atoms with Crippen LogP contribution < -0.4 is 5.32 Å². The van der Waals surface area contributed by atoms with Crippen LogP contribution in [0.25, 0.3) is 0 Å². The molecule has 2 unspecified atom stereocenters. The average Bonchev–Trinajstić information content (AvgIpc) is 2.46. The second kappa shape index (κ2) is 4.52. The maximum absolute atomic E-state index is 11.6. The number of nitrogens with zero attached hydrogens (tertiary/aromatic N) is 1. The third kappa shape index (κ3) is 2.83. The summed E-state index contributed by atoms with van der Waals surface area (Å²) < 4.78 is 23.3. The van der Waals surface area contributed by atoms with Crippen molar-refractivity contribution in [3.63, 3.8) is 0 Å². The van der Waals surface area contributed by atoms with Gasteiger partial charge in [0.2, 0.25) is 0 Å². The van der Waals surface area contributed by atoms with Crippen LogP contribution in [0.4, 0.5) is 0 Å². The van der Waals surface area contributed by atoms with Crippen molar-refractivity contribution in [2.75, 3.05) is 24.6 Å². The summed E-state index contributed by atoms with van der Waals surface area (Å²) in [5.74, 6) is 0.713. The summed E-state index contributed by atoms with van der Waals surface area (Å²) in [6.45, 7) is 8.62. The van der Waals surface area contributed by atoms with Gasteiger partial charge in [0.25, 0.3) is 0 Å². The van der Waals surface area contributed by atoms with Crippen LogP contribution >= 0.6 is 0 Å². The molecule has 2 saturated heterocycles. The molecule has 0 spiro atoms. The van der Waals surface area contributed by atoms with E-state index in [0.717, 1.165) is 25.9 Å². The molecule has 0 amide bonds. The molecule has 2 aliphatic heterocycles. The molecule has 0 radical (unpaired) electrons. The topological polar surface area (TPSA) is 49.4 Å². The standard InChI is InChI=1S/C12H24N2O2S/c1-10-4-6-13-9-12(2,3)14(10)11-5-7-17(15,16)8-11/h10-11,13H,4-9H2,1-3H3. The molecule has 2 heterocycles. The summed E-state index contributed by atoms with van der Waals surface area (Å²) in [6.07, 6.45) is 1.90. The smallest absolute Gasteiger partial charge is 0.151 e. The van der Waals surface area contributed by atoms with Crippen molar-refractivity contribution >= 4 is 9.84 Å². The Hall–Kier alpha value is -0.130. The fourth-order valence-electron chi connectivity index (χ4n) is 3.38. The van der Waals surface area contributed by atoms with Crippen molar-refractivity contribution < 1.29 is 8.42 Å². The highest BCUT2D eigenvalue weighted by molar-refractivity contribution is 7.91. The minimum atomic E-state index is -2.79. The van der Waals surface area contributed by atoms with Crippen molar-refractivity contribution in [1.29, 1.82) is 0 Å². The summed E-state index contributed by atoms with van der Waals surface area (Å²) in [5.41, 5.74) is 0.0421. The van der Waals surface area contributed by atoms with Gasteiger partial charge in [-0.05, 0) is 40.2 Å². The van der Waals surface area contributed by atoms with Crippen LogP contribution in [0.1, 0.15) is 33.6 Å². The number of sulfone groups is 1. The summed E-state index contributed by atoms with van der Waals surface area (Å²) in [5, 5.41) is 3.45. The van der Waals surface area contributed by atoms with Gasteiger partial charge in [-0.3, -0.25) is 4.90 Å². The van der Waals surface area contributed by atoms with E-state index in [-0.39, 0.29) is 11.6 Å². The van der Waals surface area contributed by atoms with Gasteiger partial charge in [-0.1, -0.05) is 0 Å². The van der Waals surface area contributed by atoms with Gasteiger partial charge < -0.3 is 5.32 Å². The van der Waals surface area contributed by atoms with Crippen LogP contribution in [-0.4, -0.2) is 55.5 Å². The minimum absolute atomic E-state index is 0.0421. The fraction of sp³-hybridized carbons (Fsp3) is 1.00. The highest BCUT2D eigenvalue weighted by atomic mass is 32.2. The van der Waals surface area contributed by atoms with E-state index < -0.39 is 9.84 Å². The van der Waals surface area contributed by atoms with E-state index >= 15 is 0 Å². The molecule has 100 valence electrons. The number of hydrogen-bond donors (Lipinski definition) is 1. The first-order chi connectivity index (χ1) is 7.82. The lowest BCUT2D eigenvalue weighted by Gasteiger charge is -2.44. The lowest BCUT2D eigenvalue weighted by Crippen LogP contribution is -2.56. The highest BCUT2D eigenvalue weighted by Crippen LogP contribution is 2.29. The van der Waals surface area contributed by atoms with Crippen LogP contribution in [-0.2, 0) is 9.84 Å². The molecule has 5 heteroatoms. The summed E-state index contributed by atoms with van der Waals surface area (Å²) >= 11 is 0. The molecule has 2 rings (SSSR count). The molecule has 0 aliphatic carbocycles. The van der Waals surface area contributed by atoms with Crippen LogP contribution in [0.2, 0.25) is 0 Å². The number of nitrogens with one attached hydrogen (secondary N) is 1. The molecule has 2 aliphatic rings. The molecule has 17 heavy (non-hydrogen) atoms. The molecule has 0 saturated carbocycles. The summed E-state index contributed by atoms with van der Waals surface area (Å²) in [6, 6.07) is 0.670. The number of rotatable bonds is 1. The van der Waals surface area contributed by atoms with Crippen molar-refractivity contribution in [3.05, 3.63) is 0 Å². The van der Waals surface area contributed by atoms with E-state index in [4.69, 9.17) is 0 Å². The van der Waals surface area contributed by atoms with Crippen molar-refractivity contribution in [2.45, 2.75) is 51.2 Å². The van der Waals surface area contributed by atoms with Crippen LogP contribution in [0.15, 0.2) is 0 Å². The first-order valence-electron chi connectivity index (χ1n) is 6.51. The largest absolute Gasteiger partial charge is 0.315 e. The third-order valence-corrected chi connectivity index (χ3v) is 5.82. The van der Waals surface area contributed by atoms with Gasteiger partial charge in [0.1, 0.15) is 0 Å². The minimum Gasteiger partial charge on any atom is -0.315 e. The van der Waals surface area contributed by atoms with Gasteiger partial charge in [-0.2, -0.15) is 0 Å². The molecular formula is C12H24N2O2S. The van der Waals surface area contributed by atoms with E-state index in [1.54, 1.807) is 0 Å². The average molecular weight is 260 g/mol. The molecule has 0 bridgehead atoms. The van der Waals surface area contributed by atoms with Gasteiger partial charge in [0.05, 0.1) is 11.5 Å². The zero-order valence-corrected chi connectivity index (χ0v) is 11.9. The molecule has 2 fully saturated rings. The maximum atomic E-state index is 11.6. The van der Waals surface area contributed by atoms with Crippen molar-refractivity contribution in [2.24, 2.45) is 0 Å². The fourth-order valence-corrected chi connectivity index (χ4v) is 5.09. The summed E-state index contributed by atoms with van der Waals surface area (Å²) in [7, 11) is -2.79. The Labute approximate surface area is 105 Å². The number of hydrogen-bond acceptors (Lipinski definition) is 4. The molecule has 0 aromatic rings. The second-order valence-electron chi connectivity index (χ2n) is 6.09. The third-order valence-electron chi connectivity index (χ3n) is 4.07. The van der Waals surface area contributed by atoms with Crippen molar-refractivity contribution in [3.8, 4) is 0 Å². The van der Waals surface area contributed by atoms with E-state index in [0.29, 0.717) is 17.5 Å². The normalized spacial score (nSPS) is 37.8. The Morgan fingerprint density at radius 3 is 2.59 bits per heavy atom. The van der Waals surface area contributed by atoms with Gasteiger partial charge in [-0.25, -0.2) is 8.42 Å². The first kappa shape index (κ1) is 13.3. The molecular weight excluding hydrogens is 236 g/mol. The zero-order valence-electron chi connectivity index (χ0n) is 11.1. The maximum Gasteiger partial charge on any atom is 0.151 e. The molecule has 4 nitrogen and oxygen atoms in total. The summed E-state index contributed by atoms with van der Waals surface area (Å²) in [4.78, 5) is 2.44. The van der Waals surface area contributed by atoms with E-state index in [2.05, 4.69) is 31.0 Å². The molecule has 2 atom stereocenters. The molecule has 0 aromatic heterocycles. The second-order valence-corrected chi connectivity index (χ2v) is 8.32. The van der Waals surface area contributed by atoms with Gasteiger partial charge in [0.15, 0.2) is 9.84 Å². The van der Waals surface area contributed by atoms with Gasteiger partial charge in [-0.15, -0.1) is 0 Å². The van der Waals surface area contributed by atoms with Crippen LogP contribution in [0, 0.1) is 0 Å². The van der Waals surface area contributed by atoms with Gasteiger partial charge >= 0.3 is 0 Å². The van der Waals surface area contributed by atoms with E-state index in [9.17, 15) is 8.42 Å². The predicted molar refractivity (Wildman–Crippen MR) is 69.9 cm³/mol. The van der Waals surface area contributed by atoms with E-state index in [1.807, 2.05) is 0 Å².